The van der Waals surface area contributed by atoms with E-state index in [1.165, 1.54) is 12.7 Å². The molecule has 0 aromatic heterocycles. The molecule has 43 heavy (non-hydrogen) atoms. The van der Waals surface area contributed by atoms with Gasteiger partial charge in [-0.05, 0) is 105 Å². The number of carbonyl (C=O) groups excluding carboxylic acids is 2. The number of rotatable bonds is 18. The van der Waals surface area contributed by atoms with Crippen LogP contribution in [0, 0.1) is 11.3 Å². The zero-order valence-electron chi connectivity index (χ0n) is 25.8. The third kappa shape index (κ3) is 10.7. The minimum atomic E-state index is -0.328. The molecule has 5 nitrogen and oxygen atoms in total. The lowest BCUT2D eigenvalue weighted by molar-refractivity contribution is -0.144. The zero-order valence-corrected chi connectivity index (χ0v) is 25.8. The van der Waals surface area contributed by atoms with Gasteiger partial charge in [0.15, 0.2) is 0 Å². The van der Waals surface area contributed by atoms with Crippen molar-refractivity contribution in [3.63, 3.8) is 0 Å². The molecule has 0 aliphatic heterocycles. The number of hydrogen-bond donors (Lipinski definition) is 0. The van der Waals surface area contributed by atoms with Crippen LogP contribution in [0.3, 0.4) is 0 Å². The van der Waals surface area contributed by atoms with Crippen LogP contribution in [0.15, 0.2) is 84.9 Å². The van der Waals surface area contributed by atoms with Gasteiger partial charge < -0.3 is 14.2 Å². The normalized spacial score (nSPS) is 14.3. The van der Waals surface area contributed by atoms with E-state index in [0.29, 0.717) is 25.2 Å². The summed E-state index contributed by atoms with van der Waals surface area (Å²) in [6.45, 7) is 2.99. The van der Waals surface area contributed by atoms with Crippen molar-refractivity contribution >= 4 is 18.0 Å². The quantitative estimate of drug-likeness (QED) is 0.111. The number of para-hydroxylation sites is 1. The number of carbonyl (C=O) groups is 2. The molecule has 4 rings (SSSR count). The Hall–Kier alpha value is -3.86. The molecule has 3 aromatic rings. The lowest BCUT2D eigenvalue weighted by Gasteiger charge is -2.19. The molecule has 1 aliphatic carbocycles. The van der Waals surface area contributed by atoms with Crippen molar-refractivity contribution in [1.82, 2.24) is 0 Å². The Labute approximate surface area is 257 Å². The second-order valence-electron chi connectivity index (χ2n) is 11.7. The summed E-state index contributed by atoms with van der Waals surface area (Å²) < 4.78 is 16.3. The van der Waals surface area contributed by atoms with Gasteiger partial charge in [-0.15, -0.1) is 0 Å². The third-order valence-electron chi connectivity index (χ3n) is 8.38. The van der Waals surface area contributed by atoms with Crippen molar-refractivity contribution in [2.24, 2.45) is 11.3 Å². The van der Waals surface area contributed by atoms with E-state index >= 15 is 0 Å². The Morgan fingerprint density at radius 1 is 0.884 bits per heavy atom. The first-order valence-corrected chi connectivity index (χ1v) is 15.8. The van der Waals surface area contributed by atoms with Gasteiger partial charge in [-0.3, -0.25) is 4.79 Å². The lowest BCUT2D eigenvalue weighted by atomic mass is 9.87. The highest BCUT2D eigenvalue weighted by molar-refractivity contribution is 5.89. The van der Waals surface area contributed by atoms with Crippen LogP contribution in [0.4, 0.5) is 0 Å². The van der Waals surface area contributed by atoms with Gasteiger partial charge in [-0.1, -0.05) is 72.8 Å². The maximum absolute atomic E-state index is 12.2. The zero-order chi connectivity index (χ0) is 30.3. The van der Waals surface area contributed by atoms with E-state index in [1.807, 2.05) is 49.4 Å². The van der Waals surface area contributed by atoms with Crippen LogP contribution in [0.2, 0.25) is 0 Å². The van der Waals surface area contributed by atoms with E-state index in [0.717, 1.165) is 74.7 Å². The smallest absolute Gasteiger partial charge is 0.337 e. The molecule has 1 fully saturated rings. The molecule has 1 aliphatic rings. The highest BCUT2D eigenvalue weighted by Crippen LogP contribution is 2.53. The van der Waals surface area contributed by atoms with Crippen LogP contribution in [-0.2, 0) is 27.1 Å². The number of unbranched alkanes of at least 4 members (excludes halogenated alkanes) is 2. The number of allylic oxidation sites excluding steroid dienone is 1. The van der Waals surface area contributed by atoms with Crippen molar-refractivity contribution in [1.29, 1.82) is 0 Å². The van der Waals surface area contributed by atoms with Gasteiger partial charge in [0.25, 0.3) is 0 Å². The van der Waals surface area contributed by atoms with Crippen molar-refractivity contribution in [2.45, 2.75) is 71.1 Å². The van der Waals surface area contributed by atoms with Gasteiger partial charge in [-0.2, -0.15) is 0 Å². The SMILES string of the molecule is CCOC(=O)CC1(CCC(C=Cc2ccccc2OCCCCCc2ccccc2)Cc2ccc(C(=O)OC)cc2)CC1. The Bertz CT molecular complexity index is 1310. The Kier molecular flexibility index (Phi) is 12.4. The fraction of sp³-hybridized carbons (Fsp3) is 0.421. The summed E-state index contributed by atoms with van der Waals surface area (Å²) in [4.78, 5) is 24.1. The van der Waals surface area contributed by atoms with E-state index in [2.05, 4.69) is 48.6 Å². The summed E-state index contributed by atoms with van der Waals surface area (Å²) in [5.41, 5.74) is 4.26. The summed E-state index contributed by atoms with van der Waals surface area (Å²) >= 11 is 0. The lowest BCUT2D eigenvalue weighted by Crippen LogP contribution is -2.14. The average molecular weight is 583 g/mol. The van der Waals surface area contributed by atoms with Gasteiger partial charge in [0.1, 0.15) is 5.75 Å². The van der Waals surface area contributed by atoms with E-state index in [1.54, 1.807) is 0 Å². The standard InChI is InChI=1S/C38H46O5/c1-3-42-36(39)29-38(25-26-38)24-23-32(28-31-18-21-34(22-19-31)37(40)41-2)17-20-33-15-9-10-16-35(33)43-27-11-5-8-14-30-12-6-4-7-13-30/h4,6-7,9-10,12-13,15-22,32H,3,5,8,11,14,23-29H2,1-2H3. The summed E-state index contributed by atoms with van der Waals surface area (Å²) in [5.74, 6) is 0.765. The predicted molar refractivity (Wildman–Crippen MR) is 172 cm³/mol. The number of aryl methyl sites for hydroxylation is 1. The predicted octanol–water partition coefficient (Wildman–Crippen LogP) is 8.65. The molecule has 0 saturated heterocycles. The number of benzene rings is 3. The molecular weight excluding hydrogens is 536 g/mol. The molecule has 5 heteroatoms. The molecule has 0 heterocycles. The molecule has 1 saturated carbocycles. The summed E-state index contributed by atoms with van der Waals surface area (Å²) in [6.07, 6.45) is 14.4. The second kappa shape index (κ2) is 16.7. The highest BCUT2D eigenvalue weighted by atomic mass is 16.5. The molecule has 1 unspecified atom stereocenters. The Morgan fingerprint density at radius 3 is 2.35 bits per heavy atom. The molecule has 0 N–H and O–H groups in total. The summed E-state index contributed by atoms with van der Waals surface area (Å²) in [6, 6.07) is 26.5. The minimum absolute atomic E-state index is 0.0780. The van der Waals surface area contributed by atoms with Crippen LogP contribution in [0.25, 0.3) is 6.08 Å². The van der Waals surface area contributed by atoms with E-state index in [9.17, 15) is 9.59 Å². The molecule has 3 aromatic carbocycles. The van der Waals surface area contributed by atoms with Gasteiger partial charge in [0.2, 0.25) is 0 Å². The number of hydrogen-bond acceptors (Lipinski definition) is 5. The van der Waals surface area contributed by atoms with Gasteiger partial charge >= 0.3 is 11.9 Å². The molecule has 0 amide bonds. The monoisotopic (exact) mass is 582 g/mol. The molecular formula is C38H46O5. The van der Waals surface area contributed by atoms with Crippen molar-refractivity contribution in [3.05, 3.63) is 107 Å². The van der Waals surface area contributed by atoms with Crippen molar-refractivity contribution in [2.75, 3.05) is 20.3 Å². The van der Waals surface area contributed by atoms with Crippen LogP contribution in [-0.4, -0.2) is 32.3 Å². The molecule has 0 spiro atoms. The maximum atomic E-state index is 12.2. The second-order valence-corrected chi connectivity index (χ2v) is 11.7. The highest BCUT2D eigenvalue weighted by Gasteiger charge is 2.44. The van der Waals surface area contributed by atoms with E-state index < -0.39 is 0 Å². The maximum Gasteiger partial charge on any atom is 0.337 e. The third-order valence-corrected chi connectivity index (χ3v) is 8.38. The van der Waals surface area contributed by atoms with E-state index in [4.69, 9.17) is 14.2 Å². The largest absolute Gasteiger partial charge is 0.493 e. The first-order valence-electron chi connectivity index (χ1n) is 15.8. The van der Waals surface area contributed by atoms with Crippen LogP contribution in [0.5, 0.6) is 5.75 Å². The first kappa shape index (κ1) is 32.1. The van der Waals surface area contributed by atoms with Gasteiger partial charge in [0, 0.05) is 5.56 Å². The van der Waals surface area contributed by atoms with Crippen LogP contribution < -0.4 is 4.74 Å². The topological polar surface area (TPSA) is 61.8 Å². The number of methoxy groups -OCH3 is 1. The Balaban J connectivity index is 1.36. The first-order chi connectivity index (χ1) is 21.0. The van der Waals surface area contributed by atoms with E-state index in [-0.39, 0.29) is 23.3 Å². The van der Waals surface area contributed by atoms with Crippen LogP contribution >= 0.6 is 0 Å². The summed E-state index contributed by atoms with van der Waals surface area (Å²) in [7, 11) is 1.40. The molecule has 0 bridgehead atoms. The molecule has 1 atom stereocenters. The minimum Gasteiger partial charge on any atom is -0.493 e. The molecule has 0 radical (unpaired) electrons. The van der Waals surface area contributed by atoms with Gasteiger partial charge in [0.05, 0.1) is 32.3 Å². The fourth-order valence-corrected chi connectivity index (χ4v) is 5.59. The average Bonchev–Trinajstić information content (AvgIpc) is 3.80. The number of esters is 2. The van der Waals surface area contributed by atoms with Crippen molar-refractivity contribution in [3.8, 4) is 5.75 Å². The van der Waals surface area contributed by atoms with Gasteiger partial charge in [-0.25, -0.2) is 4.79 Å². The van der Waals surface area contributed by atoms with Crippen LogP contribution in [0.1, 0.15) is 85.3 Å². The number of ether oxygens (including phenoxy) is 3. The Morgan fingerprint density at radius 2 is 1.63 bits per heavy atom. The van der Waals surface area contributed by atoms with Crippen molar-refractivity contribution < 1.29 is 23.8 Å². The summed E-state index contributed by atoms with van der Waals surface area (Å²) in [5, 5.41) is 0. The molecule has 228 valence electrons. The fourth-order valence-electron chi connectivity index (χ4n) is 5.59.